The highest BCUT2D eigenvalue weighted by Crippen LogP contribution is 2.31. The van der Waals surface area contributed by atoms with Crippen LogP contribution < -0.4 is 9.47 Å². The third kappa shape index (κ3) is 2.84. The number of carbonyl (C=O) groups excluding carboxylic acids is 1. The number of rotatable bonds is 3. The van der Waals surface area contributed by atoms with Gasteiger partial charge in [0.15, 0.2) is 11.5 Å². The highest BCUT2D eigenvalue weighted by molar-refractivity contribution is 5.91. The summed E-state index contributed by atoms with van der Waals surface area (Å²) < 4.78 is 16.0. The first-order chi connectivity index (χ1) is 10.1. The molecule has 0 radical (unpaired) electrons. The summed E-state index contributed by atoms with van der Waals surface area (Å²) in [6, 6.07) is 7.30. The second kappa shape index (κ2) is 5.47. The van der Waals surface area contributed by atoms with Crippen LogP contribution in [0.1, 0.15) is 21.8 Å². The molecule has 1 aliphatic heterocycles. The van der Waals surface area contributed by atoms with E-state index in [0.717, 1.165) is 17.1 Å². The van der Waals surface area contributed by atoms with Crippen molar-refractivity contribution >= 4 is 5.91 Å². The molecular formula is C15H16N2O4. The van der Waals surface area contributed by atoms with E-state index >= 15 is 0 Å². The van der Waals surface area contributed by atoms with Crippen molar-refractivity contribution in [3.8, 4) is 11.5 Å². The predicted molar refractivity (Wildman–Crippen MR) is 74.5 cm³/mol. The summed E-state index contributed by atoms with van der Waals surface area (Å²) in [6.07, 6.45) is 0. The van der Waals surface area contributed by atoms with Crippen LogP contribution in [0.3, 0.4) is 0 Å². The third-order valence-electron chi connectivity index (χ3n) is 3.21. The van der Waals surface area contributed by atoms with Crippen LogP contribution in [-0.2, 0) is 6.54 Å². The molecule has 0 N–H and O–H groups in total. The van der Waals surface area contributed by atoms with Crippen LogP contribution in [0.25, 0.3) is 0 Å². The average Bonchev–Trinajstić information content (AvgIpc) is 2.93. The number of ether oxygens (including phenoxy) is 2. The van der Waals surface area contributed by atoms with Crippen molar-refractivity contribution in [3.63, 3.8) is 0 Å². The van der Waals surface area contributed by atoms with E-state index in [4.69, 9.17) is 14.0 Å². The Bertz CT molecular complexity index is 665. The van der Waals surface area contributed by atoms with E-state index in [9.17, 15) is 4.79 Å². The van der Waals surface area contributed by atoms with Gasteiger partial charge in [-0.1, -0.05) is 11.2 Å². The van der Waals surface area contributed by atoms with Gasteiger partial charge in [-0.05, 0) is 24.6 Å². The zero-order valence-electron chi connectivity index (χ0n) is 12.0. The molecule has 1 aliphatic rings. The number of fused-ring (bicyclic) bond motifs is 1. The van der Waals surface area contributed by atoms with E-state index in [2.05, 4.69) is 5.16 Å². The summed E-state index contributed by atoms with van der Waals surface area (Å²) in [7, 11) is 1.72. The normalized spacial score (nSPS) is 13.0. The molecule has 0 saturated carbocycles. The Morgan fingerprint density at radius 1 is 1.24 bits per heavy atom. The van der Waals surface area contributed by atoms with Crippen LogP contribution >= 0.6 is 0 Å². The molecule has 0 unspecified atom stereocenters. The number of aryl methyl sites for hydroxylation is 1. The van der Waals surface area contributed by atoms with E-state index in [-0.39, 0.29) is 11.7 Å². The first-order valence-corrected chi connectivity index (χ1v) is 6.71. The van der Waals surface area contributed by atoms with Gasteiger partial charge in [0.05, 0.1) is 5.69 Å². The summed E-state index contributed by atoms with van der Waals surface area (Å²) >= 11 is 0. The van der Waals surface area contributed by atoms with Crippen LogP contribution in [0, 0.1) is 6.92 Å². The maximum Gasteiger partial charge on any atom is 0.292 e. The maximum atomic E-state index is 12.2. The summed E-state index contributed by atoms with van der Waals surface area (Å²) in [6.45, 7) is 3.34. The lowest BCUT2D eigenvalue weighted by atomic mass is 10.2. The fourth-order valence-corrected chi connectivity index (χ4v) is 2.18. The first kappa shape index (κ1) is 13.5. The summed E-state index contributed by atoms with van der Waals surface area (Å²) in [5.41, 5.74) is 1.65. The summed E-state index contributed by atoms with van der Waals surface area (Å²) in [4.78, 5) is 13.8. The maximum absolute atomic E-state index is 12.2. The Labute approximate surface area is 122 Å². The molecule has 0 aliphatic carbocycles. The molecule has 2 heterocycles. The van der Waals surface area contributed by atoms with E-state index in [0.29, 0.717) is 25.5 Å². The molecule has 21 heavy (non-hydrogen) atoms. The van der Waals surface area contributed by atoms with Crippen molar-refractivity contribution in [1.29, 1.82) is 0 Å². The van der Waals surface area contributed by atoms with E-state index < -0.39 is 0 Å². The Hall–Kier alpha value is -2.50. The average molecular weight is 288 g/mol. The molecule has 110 valence electrons. The highest BCUT2D eigenvalue weighted by Gasteiger charge is 2.18. The van der Waals surface area contributed by atoms with Crippen LogP contribution in [0.15, 0.2) is 28.8 Å². The van der Waals surface area contributed by atoms with E-state index in [1.54, 1.807) is 24.9 Å². The number of hydrogen-bond acceptors (Lipinski definition) is 5. The van der Waals surface area contributed by atoms with Gasteiger partial charge in [0, 0.05) is 19.7 Å². The van der Waals surface area contributed by atoms with Gasteiger partial charge in [-0.3, -0.25) is 4.79 Å². The van der Waals surface area contributed by atoms with E-state index in [1.807, 2.05) is 18.2 Å². The molecule has 0 spiro atoms. The Morgan fingerprint density at radius 3 is 2.71 bits per heavy atom. The minimum absolute atomic E-state index is 0.203. The van der Waals surface area contributed by atoms with Crippen molar-refractivity contribution in [1.82, 2.24) is 10.1 Å². The van der Waals surface area contributed by atoms with Crippen molar-refractivity contribution in [3.05, 3.63) is 41.3 Å². The Morgan fingerprint density at radius 2 is 2.00 bits per heavy atom. The number of benzene rings is 1. The van der Waals surface area contributed by atoms with Crippen molar-refractivity contribution in [2.75, 3.05) is 20.3 Å². The Balaban J connectivity index is 1.72. The number of hydrogen-bond donors (Lipinski definition) is 0. The molecule has 3 rings (SSSR count). The molecule has 0 atom stereocenters. The van der Waals surface area contributed by atoms with Crippen molar-refractivity contribution < 1.29 is 18.8 Å². The lowest BCUT2D eigenvalue weighted by Gasteiger charge is -2.20. The van der Waals surface area contributed by atoms with Gasteiger partial charge in [-0.25, -0.2) is 0 Å². The number of aromatic nitrogens is 1. The van der Waals surface area contributed by atoms with Crippen LogP contribution in [0.4, 0.5) is 0 Å². The zero-order chi connectivity index (χ0) is 14.8. The predicted octanol–water partition coefficient (Wildman–Crippen LogP) is 2.03. The SMILES string of the molecule is Cc1cc(C(=O)N(C)Cc2ccc3c(c2)OCCO3)on1. The van der Waals surface area contributed by atoms with Crippen LogP contribution in [0.2, 0.25) is 0 Å². The van der Waals surface area contributed by atoms with Gasteiger partial charge < -0.3 is 18.9 Å². The highest BCUT2D eigenvalue weighted by atomic mass is 16.6. The second-order valence-corrected chi connectivity index (χ2v) is 4.97. The molecule has 6 nitrogen and oxygen atoms in total. The first-order valence-electron chi connectivity index (χ1n) is 6.71. The minimum Gasteiger partial charge on any atom is -0.486 e. The Kier molecular flexibility index (Phi) is 3.51. The van der Waals surface area contributed by atoms with Gasteiger partial charge >= 0.3 is 0 Å². The quantitative estimate of drug-likeness (QED) is 0.864. The van der Waals surface area contributed by atoms with Gasteiger partial charge in [0.25, 0.3) is 5.91 Å². The molecule has 0 bridgehead atoms. The lowest BCUT2D eigenvalue weighted by Crippen LogP contribution is -2.26. The number of nitrogens with zero attached hydrogens (tertiary/aromatic N) is 2. The van der Waals surface area contributed by atoms with Crippen LogP contribution in [0.5, 0.6) is 11.5 Å². The summed E-state index contributed by atoms with van der Waals surface area (Å²) in [5, 5.41) is 3.73. The minimum atomic E-state index is -0.203. The van der Waals surface area contributed by atoms with Crippen molar-refractivity contribution in [2.24, 2.45) is 0 Å². The third-order valence-corrected chi connectivity index (χ3v) is 3.21. The summed E-state index contributed by atoms with van der Waals surface area (Å²) in [5.74, 6) is 1.50. The van der Waals surface area contributed by atoms with Gasteiger partial charge in [0.1, 0.15) is 13.2 Å². The largest absolute Gasteiger partial charge is 0.486 e. The fraction of sp³-hybridized carbons (Fsp3) is 0.333. The van der Waals surface area contributed by atoms with Crippen LogP contribution in [-0.4, -0.2) is 36.2 Å². The van der Waals surface area contributed by atoms with E-state index in [1.165, 1.54) is 0 Å². The molecule has 2 aromatic rings. The zero-order valence-corrected chi connectivity index (χ0v) is 12.0. The van der Waals surface area contributed by atoms with Gasteiger partial charge in [-0.2, -0.15) is 0 Å². The van der Waals surface area contributed by atoms with Gasteiger partial charge in [-0.15, -0.1) is 0 Å². The molecule has 0 fully saturated rings. The van der Waals surface area contributed by atoms with Crippen molar-refractivity contribution in [2.45, 2.75) is 13.5 Å². The topological polar surface area (TPSA) is 64.8 Å². The number of carbonyl (C=O) groups is 1. The molecular weight excluding hydrogens is 272 g/mol. The molecule has 0 saturated heterocycles. The molecule has 1 aromatic carbocycles. The molecule has 6 heteroatoms. The van der Waals surface area contributed by atoms with Gasteiger partial charge in [0.2, 0.25) is 5.76 Å². The standard InChI is InChI=1S/C15H16N2O4/c1-10-7-14(21-16-10)15(18)17(2)9-11-3-4-12-13(8-11)20-6-5-19-12/h3-4,7-8H,5-6,9H2,1-2H3. The lowest BCUT2D eigenvalue weighted by molar-refractivity contribution is 0.0743. The number of amides is 1. The molecule has 1 aromatic heterocycles. The smallest absolute Gasteiger partial charge is 0.292 e. The fourth-order valence-electron chi connectivity index (χ4n) is 2.18. The monoisotopic (exact) mass is 288 g/mol. The molecule has 1 amide bonds. The second-order valence-electron chi connectivity index (χ2n) is 4.97.